The van der Waals surface area contributed by atoms with Crippen LogP contribution in [0.2, 0.25) is 0 Å². The van der Waals surface area contributed by atoms with Crippen LogP contribution in [-0.2, 0) is 30.3 Å². The molecule has 32 heavy (non-hydrogen) atoms. The summed E-state index contributed by atoms with van der Waals surface area (Å²) in [5, 5.41) is 1.57. The van der Waals surface area contributed by atoms with Gasteiger partial charge in [0.15, 0.2) is 5.37 Å². The van der Waals surface area contributed by atoms with Gasteiger partial charge in [0.25, 0.3) is 30.3 Å². The molecule has 2 aromatic carbocycles. The molecular formula is C17H23N3O9S3. The zero-order valence-corrected chi connectivity index (χ0v) is 19.4. The molecule has 2 atom stereocenters. The largest absolute Gasteiger partial charge is 0.497 e. The lowest BCUT2D eigenvalue weighted by molar-refractivity contribution is 0.415. The number of rotatable bonds is 11. The maximum Gasteiger partial charge on any atom is 0.287 e. The second kappa shape index (κ2) is 10.0. The fourth-order valence-electron chi connectivity index (χ4n) is 2.40. The summed E-state index contributed by atoms with van der Waals surface area (Å²) < 4.78 is 96.1. The average molecular weight is 510 g/mol. The zero-order valence-electron chi connectivity index (χ0n) is 17.0. The highest BCUT2D eigenvalue weighted by Crippen LogP contribution is 2.21. The molecular weight excluding hydrogens is 486 g/mol. The third kappa shape index (κ3) is 7.32. The van der Waals surface area contributed by atoms with Crippen LogP contribution >= 0.6 is 0 Å². The van der Waals surface area contributed by atoms with Crippen LogP contribution < -0.4 is 20.1 Å². The molecule has 2 rings (SSSR count). The Hall–Kier alpha value is -2.43. The van der Waals surface area contributed by atoms with E-state index in [9.17, 15) is 29.8 Å². The molecule has 12 nitrogen and oxygen atoms in total. The minimum absolute atomic E-state index is 0.111. The van der Waals surface area contributed by atoms with Gasteiger partial charge in [-0.2, -0.15) is 16.8 Å². The number of hydrogen-bond acceptors (Lipinski definition) is 9. The van der Waals surface area contributed by atoms with E-state index in [1.54, 1.807) is 12.1 Å². The smallest absolute Gasteiger partial charge is 0.287 e. The van der Waals surface area contributed by atoms with Gasteiger partial charge >= 0.3 is 0 Å². The van der Waals surface area contributed by atoms with Crippen molar-refractivity contribution >= 4 is 41.6 Å². The first kappa shape index (κ1) is 25.8. The molecule has 0 amide bonds. The monoisotopic (exact) mass is 509 g/mol. The van der Waals surface area contributed by atoms with Gasteiger partial charge in [0, 0.05) is 17.9 Å². The number of anilines is 2. The van der Waals surface area contributed by atoms with E-state index in [-0.39, 0.29) is 10.6 Å². The highest BCUT2D eigenvalue weighted by atomic mass is 32.2. The summed E-state index contributed by atoms with van der Waals surface area (Å²) in [6.07, 6.45) is 0. The summed E-state index contributed by atoms with van der Waals surface area (Å²) in [6.45, 7) is 0.519. The minimum atomic E-state index is -4.68. The molecule has 2 aromatic rings. The van der Waals surface area contributed by atoms with Crippen molar-refractivity contribution in [3.05, 3.63) is 48.5 Å². The number of benzene rings is 2. The van der Waals surface area contributed by atoms with Gasteiger partial charge in [-0.05, 0) is 55.5 Å². The van der Waals surface area contributed by atoms with E-state index in [1.807, 2.05) is 0 Å². The van der Waals surface area contributed by atoms with Crippen molar-refractivity contribution in [3.8, 4) is 5.75 Å². The van der Waals surface area contributed by atoms with E-state index in [0.717, 1.165) is 6.92 Å². The van der Waals surface area contributed by atoms with Gasteiger partial charge in [-0.25, -0.2) is 8.42 Å². The first-order valence-electron chi connectivity index (χ1n) is 8.92. The molecule has 5 N–H and O–H groups in total. The molecule has 0 bridgehead atoms. The maximum absolute atomic E-state index is 12.5. The van der Waals surface area contributed by atoms with Crippen molar-refractivity contribution in [1.29, 1.82) is 0 Å². The van der Waals surface area contributed by atoms with Gasteiger partial charge in [-0.15, -0.1) is 0 Å². The number of hydrogen-bond donors (Lipinski definition) is 5. The first-order chi connectivity index (χ1) is 14.7. The lowest BCUT2D eigenvalue weighted by Crippen LogP contribution is -2.44. The molecule has 2 unspecified atom stereocenters. The molecule has 0 aliphatic heterocycles. The highest BCUT2D eigenvalue weighted by Gasteiger charge is 2.26. The summed E-state index contributed by atoms with van der Waals surface area (Å²) >= 11 is 0. The number of ether oxygens (including phenoxy) is 1. The number of sulfonamides is 1. The second-order valence-electron chi connectivity index (χ2n) is 6.57. The summed E-state index contributed by atoms with van der Waals surface area (Å²) in [4.78, 5) is -0.111. The second-order valence-corrected chi connectivity index (χ2v) is 11.6. The molecule has 0 heterocycles. The van der Waals surface area contributed by atoms with Crippen LogP contribution in [0.5, 0.6) is 5.75 Å². The summed E-state index contributed by atoms with van der Waals surface area (Å²) in [6, 6.07) is 11.2. The van der Waals surface area contributed by atoms with E-state index >= 15 is 0 Å². The summed E-state index contributed by atoms with van der Waals surface area (Å²) in [7, 11) is -11.6. The van der Waals surface area contributed by atoms with Gasteiger partial charge in [-0.3, -0.25) is 19.1 Å². The van der Waals surface area contributed by atoms with E-state index in [2.05, 4.69) is 15.4 Å². The Morgan fingerprint density at radius 1 is 0.844 bits per heavy atom. The molecule has 0 aliphatic carbocycles. The van der Waals surface area contributed by atoms with Gasteiger partial charge < -0.3 is 10.1 Å². The Morgan fingerprint density at radius 2 is 1.38 bits per heavy atom. The van der Waals surface area contributed by atoms with Crippen molar-refractivity contribution in [2.75, 3.05) is 23.7 Å². The van der Waals surface area contributed by atoms with Gasteiger partial charge in [0.05, 0.1) is 12.0 Å². The number of methoxy groups -OCH3 is 1. The Kier molecular flexibility index (Phi) is 8.08. The standard InChI is InChI=1S/C17H23N3O9S3/c1-12(31(23,24)25)18-11-17(32(26,27)28)19-13-5-9-16(10-6-13)30(21,22)20-14-3-7-15(29-2)8-4-14/h3-10,12,17-20H,11H2,1-2H3,(H,23,24,25)(H,26,27,28). The normalized spacial score (nSPS) is 14.4. The quantitative estimate of drug-likeness (QED) is 0.271. The van der Waals surface area contributed by atoms with Crippen molar-refractivity contribution in [2.24, 2.45) is 0 Å². The Labute approximate surface area is 186 Å². The Bertz CT molecular complexity index is 1230. The Balaban J connectivity index is 2.13. The topological polar surface area (TPSA) is 188 Å². The molecule has 0 radical (unpaired) electrons. The maximum atomic E-state index is 12.5. The van der Waals surface area contributed by atoms with Crippen LogP contribution in [0.15, 0.2) is 53.4 Å². The number of nitrogens with one attached hydrogen (secondary N) is 3. The first-order valence-corrected chi connectivity index (χ1v) is 13.4. The molecule has 0 aromatic heterocycles. The fraction of sp³-hybridized carbons (Fsp3) is 0.294. The van der Waals surface area contributed by atoms with E-state index < -0.39 is 47.6 Å². The Morgan fingerprint density at radius 3 is 1.84 bits per heavy atom. The predicted molar refractivity (Wildman–Crippen MR) is 118 cm³/mol. The van der Waals surface area contributed by atoms with Crippen LogP contribution in [0.1, 0.15) is 6.92 Å². The molecule has 0 saturated heterocycles. The van der Waals surface area contributed by atoms with Gasteiger partial charge in [-0.1, -0.05) is 0 Å². The van der Waals surface area contributed by atoms with Crippen molar-refractivity contribution < 1.29 is 39.1 Å². The van der Waals surface area contributed by atoms with Crippen molar-refractivity contribution in [2.45, 2.75) is 22.6 Å². The van der Waals surface area contributed by atoms with Crippen LogP contribution in [0.4, 0.5) is 11.4 Å². The summed E-state index contributed by atoms with van der Waals surface area (Å²) in [5.41, 5.74) is 0.441. The van der Waals surface area contributed by atoms with Crippen LogP contribution in [0.3, 0.4) is 0 Å². The molecule has 0 saturated carbocycles. The van der Waals surface area contributed by atoms with Crippen molar-refractivity contribution in [3.63, 3.8) is 0 Å². The van der Waals surface area contributed by atoms with Crippen LogP contribution in [0, 0.1) is 0 Å². The fourth-order valence-corrected chi connectivity index (χ4v) is 4.36. The SMILES string of the molecule is COc1ccc(NS(=O)(=O)c2ccc(NC(CNC(C)S(=O)(=O)O)S(=O)(=O)O)cc2)cc1. The predicted octanol–water partition coefficient (Wildman–Crippen LogP) is 0.945. The zero-order chi connectivity index (χ0) is 24.2. The lowest BCUT2D eigenvalue weighted by atomic mass is 10.3. The lowest BCUT2D eigenvalue weighted by Gasteiger charge is -2.19. The third-order valence-corrected chi connectivity index (χ3v) is 7.69. The van der Waals surface area contributed by atoms with Gasteiger partial charge in [0.2, 0.25) is 0 Å². The van der Waals surface area contributed by atoms with E-state index in [0.29, 0.717) is 11.4 Å². The minimum Gasteiger partial charge on any atom is -0.497 e. The van der Waals surface area contributed by atoms with Crippen molar-refractivity contribution in [1.82, 2.24) is 5.32 Å². The third-order valence-electron chi connectivity index (χ3n) is 4.23. The van der Waals surface area contributed by atoms with Crippen LogP contribution in [-0.4, -0.2) is 58.8 Å². The molecule has 0 spiro atoms. The molecule has 0 aliphatic rings. The average Bonchev–Trinajstić information content (AvgIpc) is 2.70. The molecule has 0 fully saturated rings. The van der Waals surface area contributed by atoms with E-state index in [4.69, 9.17) is 9.29 Å². The highest BCUT2D eigenvalue weighted by molar-refractivity contribution is 7.92. The van der Waals surface area contributed by atoms with Gasteiger partial charge in [0.1, 0.15) is 11.1 Å². The summed E-state index contributed by atoms with van der Waals surface area (Å²) in [5.74, 6) is 0.553. The molecule has 178 valence electrons. The van der Waals surface area contributed by atoms with E-state index in [1.165, 1.54) is 43.5 Å². The molecule has 15 heteroatoms. The van der Waals surface area contributed by atoms with Crippen LogP contribution in [0.25, 0.3) is 0 Å².